The van der Waals surface area contributed by atoms with Gasteiger partial charge in [0.1, 0.15) is 11.6 Å². The Bertz CT molecular complexity index is 618. The van der Waals surface area contributed by atoms with E-state index in [0.717, 1.165) is 35.9 Å². The third kappa shape index (κ3) is 2.27. The number of ether oxygens (including phenoxy) is 2. The molecule has 0 spiro atoms. The summed E-state index contributed by atoms with van der Waals surface area (Å²) in [5, 5.41) is 4.52. The van der Waals surface area contributed by atoms with Crippen LogP contribution in [0.25, 0.3) is 11.4 Å². The Morgan fingerprint density at radius 1 is 1.40 bits per heavy atom. The molecule has 1 saturated heterocycles. The van der Waals surface area contributed by atoms with Crippen molar-refractivity contribution in [2.75, 3.05) is 20.3 Å². The maximum atomic E-state index is 5.46. The standard InChI is InChI=1S/C14H18N4O2/c1-9-6-12(13(19-3)7-15-9)14-16-10(2)17-18(14)11-4-5-20-8-11/h6-7,11H,4-5,8H2,1-3H3. The summed E-state index contributed by atoms with van der Waals surface area (Å²) >= 11 is 0. The Morgan fingerprint density at radius 2 is 2.25 bits per heavy atom. The summed E-state index contributed by atoms with van der Waals surface area (Å²) in [6.45, 7) is 5.31. The SMILES string of the molecule is COc1cnc(C)cc1-c1nc(C)nn1C1CCOC1. The number of nitrogens with zero attached hydrogens (tertiary/aromatic N) is 4. The molecule has 1 aliphatic heterocycles. The fourth-order valence-electron chi connectivity index (χ4n) is 2.47. The maximum Gasteiger partial charge on any atom is 0.162 e. The number of pyridine rings is 1. The monoisotopic (exact) mass is 274 g/mol. The quantitative estimate of drug-likeness (QED) is 0.855. The molecule has 0 amide bonds. The van der Waals surface area contributed by atoms with E-state index in [0.29, 0.717) is 12.4 Å². The zero-order valence-electron chi connectivity index (χ0n) is 12.0. The van der Waals surface area contributed by atoms with E-state index in [1.165, 1.54) is 0 Å². The van der Waals surface area contributed by atoms with E-state index >= 15 is 0 Å². The van der Waals surface area contributed by atoms with Crippen LogP contribution in [0, 0.1) is 13.8 Å². The Kier molecular flexibility index (Phi) is 3.40. The van der Waals surface area contributed by atoms with Gasteiger partial charge in [-0.1, -0.05) is 0 Å². The molecular formula is C14H18N4O2. The predicted molar refractivity (Wildman–Crippen MR) is 73.8 cm³/mol. The molecule has 6 heteroatoms. The van der Waals surface area contributed by atoms with Gasteiger partial charge < -0.3 is 9.47 Å². The molecule has 20 heavy (non-hydrogen) atoms. The number of rotatable bonds is 3. The minimum atomic E-state index is 0.240. The molecule has 0 aromatic carbocycles. The molecule has 0 saturated carbocycles. The lowest BCUT2D eigenvalue weighted by Crippen LogP contribution is -2.12. The van der Waals surface area contributed by atoms with Crippen molar-refractivity contribution in [2.24, 2.45) is 0 Å². The van der Waals surface area contributed by atoms with Crippen LogP contribution in [0.15, 0.2) is 12.3 Å². The Hall–Kier alpha value is -1.95. The average molecular weight is 274 g/mol. The summed E-state index contributed by atoms with van der Waals surface area (Å²) in [6, 6.07) is 2.22. The summed E-state index contributed by atoms with van der Waals surface area (Å²) in [6.07, 6.45) is 2.69. The van der Waals surface area contributed by atoms with E-state index in [1.54, 1.807) is 13.3 Å². The van der Waals surface area contributed by atoms with Crippen LogP contribution in [-0.2, 0) is 4.74 Å². The van der Waals surface area contributed by atoms with Crippen molar-refractivity contribution in [1.29, 1.82) is 0 Å². The lowest BCUT2D eigenvalue weighted by molar-refractivity contribution is 0.184. The lowest BCUT2D eigenvalue weighted by Gasteiger charge is -2.13. The molecule has 1 aliphatic rings. The lowest BCUT2D eigenvalue weighted by atomic mass is 10.2. The van der Waals surface area contributed by atoms with Crippen molar-refractivity contribution in [2.45, 2.75) is 26.3 Å². The summed E-state index contributed by atoms with van der Waals surface area (Å²) in [4.78, 5) is 8.83. The Balaban J connectivity index is 2.11. The van der Waals surface area contributed by atoms with Crippen LogP contribution in [0.1, 0.15) is 24.0 Å². The van der Waals surface area contributed by atoms with Crippen LogP contribution in [0.4, 0.5) is 0 Å². The van der Waals surface area contributed by atoms with Gasteiger partial charge in [0.2, 0.25) is 0 Å². The number of methoxy groups -OCH3 is 1. The van der Waals surface area contributed by atoms with Crippen LogP contribution < -0.4 is 4.74 Å². The fraction of sp³-hybridized carbons (Fsp3) is 0.500. The van der Waals surface area contributed by atoms with E-state index in [-0.39, 0.29) is 6.04 Å². The number of hydrogen-bond acceptors (Lipinski definition) is 5. The molecule has 3 heterocycles. The van der Waals surface area contributed by atoms with Crippen LogP contribution in [-0.4, -0.2) is 40.1 Å². The number of aromatic nitrogens is 4. The van der Waals surface area contributed by atoms with Crippen LogP contribution >= 0.6 is 0 Å². The first-order valence-electron chi connectivity index (χ1n) is 6.71. The molecule has 2 aromatic rings. The normalized spacial score (nSPS) is 18.4. The van der Waals surface area contributed by atoms with Gasteiger partial charge in [0, 0.05) is 12.3 Å². The molecular weight excluding hydrogens is 256 g/mol. The van der Waals surface area contributed by atoms with Gasteiger partial charge in [-0.25, -0.2) is 9.67 Å². The minimum absolute atomic E-state index is 0.240. The summed E-state index contributed by atoms with van der Waals surface area (Å²) < 4.78 is 12.8. The van der Waals surface area contributed by atoms with Gasteiger partial charge in [0.05, 0.1) is 31.5 Å². The van der Waals surface area contributed by atoms with E-state index < -0.39 is 0 Å². The largest absolute Gasteiger partial charge is 0.494 e. The van der Waals surface area contributed by atoms with Gasteiger partial charge in [-0.2, -0.15) is 5.10 Å². The van der Waals surface area contributed by atoms with E-state index in [2.05, 4.69) is 15.1 Å². The van der Waals surface area contributed by atoms with Crippen molar-refractivity contribution in [3.8, 4) is 17.1 Å². The Morgan fingerprint density at radius 3 is 2.95 bits per heavy atom. The maximum absolute atomic E-state index is 5.46. The fourth-order valence-corrected chi connectivity index (χ4v) is 2.47. The van der Waals surface area contributed by atoms with Gasteiger partial charge >= 0.3 is 0 Å². The molecule has 0 N–H and O–H groups in total. The first-order chi connectivity index (χ1) is 9.69. The van der Waals surface area contributed by atoms with Gasteiger partial charge in [-0.15, -0.1) is 0 Å². The summed E-state index contributed by atoms with van der Waals surface area (Å²) in [5.74, 6) is 2.28. The highest BCUT2D eigenvalue weighted by Gasteiger charge is 2.24. The smallest absolute Gasteiger partial charge is 0.162 e. The molecule has 1 atom stereocenters. The third-order valence-corrected chi connectivity index (χ3v) is 3.45. The van der Waals surface area contributed by atoms with Crippen LogP contribution in [0.5, 0.6) is 5.75 Å². The molecule has 1 unspecified atom stereocenters. The van der Waals surface area contributed by atoms with Gasteiger partial charge in [-0.05, 0) is 26.3 Å². The molecule has 1 fully saturated rings. The van der Waals surface area contributed by atoms with Crippen molar-refractivity contribution >= 4 is 0 Å². The zero-order chi connectivity index (χ0) is 14.1. The topological polar surface area (TPSA) is 62.1 Å². The first kappa shape index (κ1) is 13.1. The van der Waals surface area contributed by atoms with E-state index in [9.17, 15) is 0 Å². The minimum Gasteiger partial charge on any atom is -0.494 e. The van der Waals surface area contributed by atoms with Crippen LogP contribution in [0.2, 0.25) is 0 Å². The Labute approximate surface area is 117 Å². The number of hydrogen-bond donors (Lipinski definition) is 0. The van der Waals surface area contributed by atoms with Crippen LogP contribution in [0.3, 0.4) is 0 Å². The second-order valence-corrected chi connectivity index (χ2v) is 4.97. The highest BCUT2D eigenvalue weighted by atomic mass is 16.5. The van der Waals surface area contributed by atoms with Crippen molar-refractivity contribution in [3.05, 3.63) is 23.8 Å². The van der Waals surface area contributed by atoms with Gasteiger partial charge in [0.25, 0.3) is 0 Å². The summed E-state index contributed by atoms with van der Waals surface area (Å²) in [7, 11) is 1.64. The third-order valence-electron chi connectivity index (χ3n) is 3.45. The van der Waals surface area contributed by atoms with Crippen molar-refractivity contribution in [1.82, 2.24) is 19.7 Å². The van der Waals surface area contributed by atoms with Gasteiger partial charge in [-0.3, -0.25) is 4.98 Å². The van der Waals surface area contributed by atoms with Crippen molar-refractivity contribution in [3.63, 3.8) is 0 Å². The molecule has 6 nitrogen and oxygen atoms in total. The second kappa shape index (κ2) is 5.20. The predicted octanol–water partition coefficient (Wildman–Crippen LogP) is 1.93. The summed E-state index contributed by atoms with van der Waals surface area (Å²) in [5.41, 5.74) is 1.85. The van der Waals surface area contributed by atoms with E-state index in [1.807, 2.05) is 24.6 Å². The van der Waals surface area contributed by atoms with E-state index in [4.69, 9.17) is 9.47 Å². The van der Waals surface area contributed by atoms with Gasteiger partial charge in [0.15, 0.2) is 5.82 Å². The average Bonchev–Trinajstić information content (AvgIpc) is 3.07. The molecule has 2 aromatic heterocycles. The second-order valence-electron chi connectivity index (χ2n) is 4.97. The molecule has 0 radical (unpaired) electrons. The zero-order valence-corrected chi connectivity index (χ0v) is 12.0. The molecule has 106 valence electrons. The molecule has 3 rings (SSSR count). The highest BCUT2D eigenvalue weighted by Crippen LogP contribution is 2.31. The number of aryl methyl sites for hydroxylation is 2. The first-order valence-corrected chi connectivity index (χ1v) is 6.71. The van der Waals surface area contributed by atoms with Crippen molar-refractivity contribution < 1.29 is 9.47 Å². The molecule has 0 bridgehead atoms. The highest BCUT2D eigenvalue weighted by molar-refractivity contribution is 5.64. The molecule has 0 aliphatic carbocycles.